The molecule has 0 atom stereocenters. The second-order valence-electron chi connectivity index (χ2n) is 6.22. The number of ether oxygens (including phenoxy) is 1. The van der Waals surface area contributed by atoms with Crippen molar-refractivity contribution in [3.63, 3.8) is 0 Å². The van der Waals surface area contributed by atoms with E-state index in [4.69, 9.17) is 15.1 Å². The van der Waals surface area contributed by atoms with Gasteiger partial charge >= 0.3 is 5.97 Å². The van der Waals surface area contributed by atoms with Crippen LogP contribution in [-0.2, 0) is 11.3 Å². The summed E-state index contributed by atoms with van der Waals surface area (Å²) in [5.41, 5.74) is 3.17. The molecule has 2 N–H and O–H groups in total. The summed E-state index contributed by atoms with van der Waals surface area (Å²) in [5.74, 6) is -0.786. The number of thiol groups is 1. The van der Waals surface area contributed by atoms with Gasteiger partial charge in [0, 0.05) is 17.0 Å². The molecule has 0 aliphatic carbocycles. The van der Waals surface area contributed by atoms with Crippen LogP contribution in [0.4, 0.5) is 4.39 Å². The molecule has 3 rings (SSSR count). The Balaban J connectivity index is 0.000000335. The molecule has 0 fully saturated rings. The third-order valence-electron chi connectivity index (χ3n) is 3.89. The molecule has 0 radical (unpaired) electrons. The predicted molar refractivity (Wildman–Crippen MR) is 116 cm³/mol. The highest BCUT2D eigenvalue weighted by Gasteiger charge is 2.10. The van der Waals surface area contributed by atoms with E-state index >= 15 is 0 Å². The molecule has 0 aromatic heterocycles. The Morgan fingerprint density at radius 2 is 1.93 bits per heavy atom. The van der Waals surface area contributed by atoms with Crippen LogP contribution in [-0.4, -0.2) is 24.7 Å². The van der Waals surface area contributed by atoms with E-state index in [0.29, 0.717) is 22.8 Å². The van der Waals surface area contributed by atoms with Gasteiger partial charge in [-0.15, -0.1) is 12.6 Å². The van der Waals surface area contributed by atoms with E-state index in [9.17, 15) is 9.18 Å². The molecule has 30 heavy (non-hydrogen) atoms. The molecule has 0 unspecified atom stereocenters. The standard InChI is InChI=1S/C17H16N2O3.C6H5FS/c1-19-10-13-5-6-16(22-11-17(20)21)15(8-13)14-4-2-3-12(7-14)9-18;7-5-2-1-3-6(8)4-5/h2-8,19H,10-11H2,1H3,(H,20,21);1-4,8H. The Kier molecular flexibility index (Phi) is 8.88. The summed E-state index contributed by atoms with van der Waals surface area (Å²) in [7, 11) is 1.85. The van der Waals surface area contributed by atoms with E-state index in [1.165, 1.54) is 12.1 Å². The Labute approximate surface area is 180 Å². The van der Waals surface area contributed by atoms with Gasteiger partial charge < -0.3 is 15.2 Å². The van der Waals surface area contributed by atoms with Crippen LogP contribution in [0, 0.1) is 17.1 Å². The molecular formula is C23H21FN2O3S. The molecule has 5 nitrogen and oxygen atoms in total. The molecule has 0 aliphatic rings. The van der Waals surface area contributed by atoms with Crippen LogP contribution in [0.2, 0.25) is 0 Å². The molecule has 0 saturated heterocycles. The molecule has 0 amide bonds. The number of rotatable bonds is 6. The van der Waals surface area contributed by atoms with Crippen molar-refractivity contribution in [2.24, 2.45) is 0 Å². The smallest absolute Gasteiger partial charge is 0.341 e. The molecule has 3 aromatic carbocycles. The summed E-state index contributed by atoms with van der Waals surface area (Å²) >= 11 is 3.91. The van der Waals surface area contributed by atoms with E-state index in [-0.39, 0.29) is 5.82 Å². The topological polar surface area (TPSA) is 82.3 Å². The highest BCUT2D eigenvalue weighted by atomic mass is 32.1. The molecule has 0 bridgehead atoms. The highest BCUT2D eigenvalue weighted by Crippen LogP contribution is 2.31. The third-order valence-corrected chi connectivity index (χ3v) is 4.17. The van der Waals surface area contributed by atoms with Gasteiger partial charge in [-0.3, -0.25) is 0 Å². The zero-order valence-corrected chi connectivity index (χ0v) is 17.2. The number of hydrogen-bond acceptors (Lipinski definition) is 5. The summed E-state index contributed by atoms with van der Waals surface area (Å²) in [5, 5.41) is 20.9. The maximum Gasteiger partial charge on any atom is 0.341 e. The summed E-state index contributed by atoms with van der Waals surface area (Å²) in [6, 6.07) is 20.9. The van der Waals surface area contributed by atoms with Crippen LogP contribution < -0.4 is 10.1 Å². The molecular weight excluding hydrogens is 403 g/mol. The van der Waals surface area contributed by atoms with E-state index in [1.807, 2.05) is 25.2 Å². The fraction of sp³-hybridized carbons (Fsp3) is 0.130. The number of nitrogens with zero attached hydrogens (tertiary/aromatic N) is 1. The quantitative estimate of drug-likeness (QED) is 0.507. The van der Waals surface area contributed by atoms with Gasteiger partial charge in [-0.05, 0) is 60.6 Å². The van der Waals surface area contributed by atoms with E-state index in [0.717, 1.165) is 16.7 Å². The minimum absolute atomic E-state index is 0.238. The molecule has 3 aromatic rings. The summed E-state index contributed by atoms with van der Waals surface area (Å²) in [6.07, 6.45) is 0. The van der Waals surface area contributed by atoms with Crippen molar-refractivity contribution in [3.8, 4) is 22.9 Å². The maximum absolute atomic E-state index is 12.1. The zero-order valence-electron chi connectivity index (χ0n) is 16.3. The lowest BCUT2D eigenvalue weighted by molar-refractivity contribution is -0.139. The van der Waals surface area contributed by atoms with E-state index in [2.05, 4.69) is 24.0 Å². The minimum Gasteiger partial charge on any atom is -0.481 e. The van der Waals surface area contributed by atoms with Gasteiger partial charge in [0.25, 0.3) is 0 Å². The van der Waals surface area contributed by atoms with Gasteiger partial charge in [0.15, 0.2) is 6.61 Å². The molecule has 0 saturated carbocycles. The van der Waals surface area contributed by atoms with Crippen molar-refractivity contribution in [2.75, 3.05) is 13.7 Å². The van der Waals surface area contributed by atoms with Gasteiger partial charge in [-0.25, -0.2) is 9.18 Å². The van der Waals surface area contributed by atoms with Crippen LogP contribution in [0.25, 0.3) is 11.1 Å². The number of hydrogen-bond donors (Lipinski definition) is 3. The Morgan fingerprint density at radius 3 is 2.53 bits per heavy atom. The van der Waals surface area contributed by atoms with Crippen LogP contribution >= 0.6 is 12.6 Å². The van der Waals surface area contributed by atoms with Gasteiger partial charge in [-0.1, -0.05) is 24.3 Å². The first-order valence-electron chi connectivity index (χ1n) is 9.00. The van der Waals surface area contributed by atoms with Crippen LogP contribution in [0.3, 0.4) is 0 Å². The van der Waals surface area contributed by atoms with Gasteiger partial charge in [0.1, 0.15) is 11.6 Å². The van der Waals surface area contributed by atoms with Crippen LogP contribution in [0.15, 0.2) is 71.6 Å². The van der Waals surface area contributed by atoms with Crippen molar-refractivity contribution in [2.45, 2.75) is 11.4 Å². The molecule has 154 valence electrons. The Morgan fingerprint density at radius 1 is 1.17 bits per heavy atom. The average Bonchev–Trinajstić information content (AvgIpc) is 2.73. The fourth-order valence-electron chi connectivity index (χ4n) is 2.61. The van der Waals surface area contributed by atoms with Crippen molar-refractivity contribution in [3.05, 3.63) is 83.7 Å². The summed E-state index contributed by atoms with van der Waals surface area (Å²) in [4.78, 5) is 11.4. The SMILES string of the molecule is CNCc1ccc(OCC(=O)O)c(-c2cccc(C#N)c2)c1.Fc1cccc(S)c1. The average molecular weight is 424 g/mol. The lowest BCUT2D eigenvalue weighted by Crippen LogP contribution is -2.10. The third kappa shape index (κ3) is 7.24. The molecule has 0 heterocycles. The minimum atomic E-state index is -1.03. The normalized spacial score (nSPS) is 9.80. The maximum atomic E-state index is 12.1. The number of carbonyl (C=O) groups is 1. The van der Waals surface area contributed by atoms with Crippen molar-refractivity contribution in [1.29, 1.82) is 5.26 Å². The fourth-order valence-corrected chi connectivity index (χ4v) is 2.82. The number of benzene rings is 3. The lowest BCUT2D eigenvalue weighted by Gasteiger charge is -2.13. The molecule has 7 heteroatoms. The monoisotopic (exact) mass is 424 g/mol. The summed E-state index contributed by atoms with van der Waals surface area (Å²) in [6.45, 7) is 0.278. The first-order chi connectivity index (χ1) is 14.4. The Hall–Kier alpha value is -3.34. The number of halogens is 1. The number of aliphatic carboxylic acids is 1. The lowest BCUT2D eigenvalue weighted by atomic mass is 10.00. The van der Waals surface area contributed by atoms with Gasteiger partial charge in [0.05, 0.1) is 11.6 Å². The first-order valence-corrected chi connectivity index (χ1v) is 9.45. The highest BCUT2D eigenvalue weighted by molar-refractivity contribution is 7.80. The number of nitrogens with one attached hydrogen (secondary N) is 1. The second kappa shape index (κ2) is 11.6. The number of carboxylic acids is 1. The van der Waals surface area contributed by atoms with Crippen LogP contribution in [0.5, 0.6) is 5.75 Å². The largest absolute Gasteiger partial charge is 0.481 e. The zero-order chi connectivity index (χ0) is 21.9. The molecule has 0 aliphatic heterocycles. The van der Waals surface area contributed by atoms with Gasteiger partial charge in [0.2, 0.25) is 0 Å². The van der Waals surface area contributed by atoms with Crippen molar-refractivity contribution in [1.82, 2.24) is 5.32 Å². The van der Waals surface area contributed by atoms with E-state index < -0.39 is 12.6 Å². The Bertz CT molecular complexity index is 1030. The van der Waals surface area contributed by atoms with Crippen molar-refractivity contribution >= 4 is 18.6 Å². The second-order valence-corrected chi connectivity index (χ2v) is 6.73. The van der Waals surface area contributed by atoms with Gasteiger partial charge in [-0.2, -0.15) is 5.26 Å². The molecule has 0 spiro atoms. The number of carboxylic acid groups (broad SMARTS) is 1. The summed E-state index contributed by atoms with van der Waals surface area (Å²) < 4.78 is 17.5. The predicted octanol–water partition coefficient (Wildman–Crippen LogP) is 4.52. The number of nitriles is 1. The van der Waals surface area contributed by atoms with Crippen LogP contribution in [0.1, 0.15) is 11.1 Å². The van der Waals surface area contributed by atoms with E-state index in [1.54, 1.807) is 36.4 Å². The first kappa shape index (κ1) is 22.9. The van der Waals surface area contributed by atoms with Crippen molar-refractivity contribution < 1.29 is 19.0 Å².